The van der Waals surface area contributed by atoms with E-state index in [4.69, 9.17) is 0 Å². The number of sulfone groups is 1. The number of hydrogen-bond acceptors (Lipinski definition) is 3. The van der Waals surface area contributed by atoms with Crippen LogP contribution >= 0.6 is 0 Å². The first kappa shape index (κ1) is 12.6. The number of aliphatic hydroxyl groups is 1. The molecule has 3 nitrogen and oxygen atoms in total. The van der Waals surface area contributed by atoms with Gasteiger partial charge in [-0.2, -0.15) is 0 Å². The number of fused-ring (bicyclic) bond motifs is 1. The van der Waals surface area contributed by atoms with Crippen molar-refractivity contribution in [3.8, 4) is 0 Å². The lowest BCUT2D eigenvalue weighted by atomic mass is 9.79. The van der Waals surface area contributed by atoms with Crippen LogP contribution in [0.5, 0.6) is 0 Å². The van der Waals surface area contributed by atoms with Gasteiger partial charge in [0.1, 0.15) is 0 Å². The highest BCUT2D eigenvalue weighted by Gasteiger charge is 2.42. The topological polar surface area (TPSA) is 54.4 Å². The molecule has 1 aliphatic rings. The van der Waals surface area contributed by atoms with Crippen LogP contribution in [0.3, 0.4) is 0 Å². The summed E-state index contributed by atoms with van der Waals surface area (Å²) in [4.78, 5) is 0.372. The van der Waals surface area contributed by atoms with Crippen molar-refractivity contribution in [3.63, 3.8) is 0 Å². The Kier molecular flexibility index (Phi) is 2.83. The van der Waals surface area contributed by atoms with Crippen molar-refractivity contribution >= 4 is 9.84 Å². The van der Waals surface area contributed by atoms with Crippen LogP contribution in [-0.2, 0) is 9.84 Å². The van der Waals surface area contributed by atoms with Crippen LogP contribution < -0.4 is 0 Å². The molecule has 0 spiro atoms. The summed E-state index contributed by atoms with van der Waals surface area (Å²) in [5, 5.41) is 10.3. The summed E-state index contributed by atoms with van der Waals surface area (Å²) in [6.07, 6.45) is -0.652. The maximum Gasteiger partial charge on any atom is 0.179 e. The molecule has 0 radical (unpaired) electrons. The zero-order valence-corrected chi connectivity index (χ0v) is 11.2. The van der Waals surface area contributed by atoms with Gasteiger partial charge in [-0.3, -0.25) is 0 Å². The highest BCUT2D eigenvalue weighted by atomic mass is 32.2. The lowest BCUT2D eigenvalue weighted by Gasteiger charge is -2.31. The largest absolute Gasteiger partial charge is 0.392 e. The zero-order valence-electron chi connectivity index (χ0n) is 10.3. The molecule has 1 N–H and O–H groups in total. The van der Waals surface area contributed by atoms with Gasteiger partial charge >= 0.3 is 0 Å². The molecule has 0 saturated heterocycles. The Morgan fingerprint density at radius 1 is 1.29 bits per heavy atom. The van der Waals surface area contributed by atoms with E-state index in [0.717, 1.165) is 5.56 Å². The molecule has 0 saturated carbocycles. The Morgan fingerprint density at radius 2 is 1.88 bits per heavy atom. The van der Waals surface area contributed by atoms with Crippen LogP contribution in [0.25, 0.3) is 0 Å². The number of rotatable bonds is 0. The van der Waals surface area contributed by atoms with Crippen molar-refractivity contribution in [2.24, 2.45) is 5.41 Å². The predicted octanol–water partition coefficient (Wildman–Crippen LogP) is 1.96. The second-order valence-electron chi connectivity index (χ2n) is 5.52. The molecule has 0 bridgehead atoms. The molecule has 1 aromatic carbocycles. The molecule has 0 unspecified atom stereocenters. The van der Waals surface area contributed by atoms with E-state index in [1.165, 1.54) is 0 Å². The molecule has 94 valence electrons. The van der Waals surface area contributed by atoms with Crippen molar-refractivity contribution in [2.75, 3.05) is 5.75 Å². The first-order valence-corrected chi connectivity index (χ1v) is 7.41. The third-order valence-electron chi connectivity index (χ3n) is 3.58. The van der Waals surface area contributed by atoms with Crippen molar-refractivity contribution in [2.45, 2.75) is 37.7 Å². The minimum atomic E-state index is -3.31. The van der Waals surface area contributed by atoms with E-state index in [1.54, 1.807) is 32.0 Å². The van der Waals surface area contributed by atoms with Crippen molar-refractivity contribution in [1.29, 1.82) is 0 Å². The van der Waals surface area contributed by atoms with Crippen LogP contribution in [0.1, 0.15) is 32.3 Å². The first-order chi connectivity index (χ1) is 7.76. The molecule has 1 aliphatic heterocycles. The first-order valence-electron chi connectivity index (χ1n) is 5.75. The summed E-state index contributed by atoms with van der Waals surface area (Å²) in [6, 6.07) is 6.97. The molecule has 17 heavy (non-hydrogen) atoms. The molecule has 0 fully saturated rings. The average molecular weight is 254 g/mol. The SMILES string of the molecule is C[C@H]1c2ccccc2S(=O)(=O)CC(C)(C)[C@H]1O. The fourth-order valence-corrected chi connectivity index (χ4v) is 4.84. The maximum atomic E-state index is 12.3. The van der Waals surface area contributed by atoms with E-state index in [9.17, 15) is 13.5 Å². The van der Waals surface area contributed by atoms with Crippen LogP contribution in [0.2, 0.25) is 0 Å². The van der Waals surface area contributed by atoms with E-state index in [-0.39, 0.29) is 11.7 Å². The molecule has 0 amide bonds. The average Bonchev–Trinajstić information content (AvgIpc) is 2.29. The molecule has 0 aliphatic carbocycles. The maximum absolute atomic E-state index is 12.3. The summed E-state index contributed by atoms with van der Waals surface area (Å²) in [6.45, 7) is 5.49. The third-order valence-corrected chi connectivity index (χ3v) is 5.75. The van der Waals surface area contributed by atoms with Gasteiger partial charge < -0.3 is 5.11 Å². The van der Waals surface area contributed by atoms with Gasteiger partial charge in [-0.25, -0.2) is 8.42 Å². The van der Waals surface area contributed by atoms with Gasteiger partial charge in [-0.05, 0) is 11.6 Å². The van der Waals surface area contributed by atoms with Gasteiger partial charge in [0.25, 0.3) is 0 Å². The summed E-state index contributed by atoms with van der Waals surface area (Å²) in [5.74, 6) is -0.179. The third kappa shape index (κ3) is 2.00. The van der Waals surface area contributed by atoms with E-state index >= 15 is 0 Å². The Balaban J connectivity index is 2.70. The zero-order chi connectivity index (χ0) is 12.8. The molecule has 1 aromatic rings. The van der Waals surface area contributed by atoms with Crippen molar-refractivity contribution in [3.05, 3.63) is 29.8 Å². The van der Waals surface area contributed by atoms with Gasteiger partial charge in [0, 0.05) is 11.3 Å². The van der Waals surface area contributed by atoms with Gasteiger partial charge in [0.2, 0.25) is 0 Å². The van der Waals surface area contributed by atoms with Gasteiger partial charge in [0.15, 0.2) is 9.84 Å². The second-order valence-corrected chi connectivity index (χ2v) is 7.48. The number of aliphatic hydroxyl groups excluding tert-OH is 1. The van der Waals surface area contributed by atoms with E-state index in [1.807, 2.05) is 13.0 Å². The van der Waals surface area contributed by atoms with Crippen molar-refractivity contribution < 1.29 is 13.5 Å². The van der Waals surface area contributed by atoms with Crippen molar-refractivity contribution in [1.82, 2.24) is 0 Å². The second kappa shape index (κ2) is 3.82. The summed E-state index contributed by atoms with van der Waals surface area (Å²) in [7, 11) is -3.31. The van der Waals surface area contributed by atoms with E-state index < -0.39 is 21.4 Å². The Hall–Kier alpha value is -0.870. The van der Waals surface area contributed by atoms with Gasteiger partial charge in [-0.1, -0.05) is 39.0 Å². The molecule has 4 heteroatoms. The fourth-order valence-electron chi connectivity index (χ4n) is 2.64. The fraction of sp³-hybridized carbons (Fsp3) is 0.538. The number of hydrogen-bond donors (Lipinski definition) is 1. The minimum absolute atomic E-state index is 0.0114. The Bertz CT molecular complexity index is 531. The van der Waals surface area contributed by atoms with Gasteiger partial charge in [-0.15, -0.1) is 0 Å². The smallest absolute Gasteiger partial charge is 0.179 e. The standard InChI is InChI=1S/C13H18O3S/c1-9-10-6-4-5-7-11(10)17(15,16)8-13(2,3)12(9)14/h4-7,9,12,14H,8H2,1-3H3/t9-,12-/m0/s1. The normalized spacial score (nSPS) is 30.4. The quantitative estimate of drug-likeness (QED) is 0.770. The highest BCUT2D eigenvalue weighted by molar-refractivity contribution is 7.91. The molecular formula is C13H18O3S. The van der Waals surface area contributed by atoms with Crippen LogP contribution in [0.4, 0.5) is 0 Å². The molecule has 2 atom stereocenters. The van der Waals surface area contributed by atoms with Crippen LogP contribution in [0, 0.1) is 5.41 Å². The Morgan fingerprint density at radius 3 is 2.53 bits per heavy atom. The van der Waals surface area contributed by atoms with E-state index in [2.05, 4.69) is 0 Å². The molecule has 1 heterocycles. The lowest BCUT2D eigenvalue weighted by molar-refractivity contribution is 0.0465. The predicted molar refractivity (Wildman–Crippen MR) is 66.7 cm³/mol. The van der Waals surface area contributed by atoms with Crippen LogP contribution in [0.15, 0.2) is 29.2 Å². The summed E-state index contributed by atoms with van der Waals surface area (Å²) < 4.78 is 24.6. The summed E-state index contributed by atoms with van der Waals surface area (Å²) in [5.41, 5.74) is 0.0997. The molecular weight excluding hydrogens is 236 g/mol. The highest BCUT2D eigenvalue weighted by Crippen LogP contribution is 2.40. The molecule has 0 aromatic heterocycles. The summed E-state index contributed by atoms with van der Waals surface area (Å²) >= 11 is 0. The number of benzene rings is 1. The Labute approximate surface area is 102 Å². The molecule has 2 rings (SSSR count). The lowest BCUT2D eigenvalue weighted by Crippen LogP contribution is -2.36. The van der Waals surface area contributed by atoms with Gasteiger partial charge in [0.05, 0.1) is 16.8 Å². The minimum Gasteiger partial charge on any atom is -0.392 e. The monoisotopic (exact) mass is 254 g/mol. The van der Waals surface area contributed by atoms with Crippen LogP contribution in [-0.4, -0.2) is 25.4 Å². The van der Waals surface area contributed by atoms with E-state index in [0.29, 0.717) is 4.90 Å².